The van der Waals surface area contributed by atoms with Gasteiger partial charge >= 0.3 is 0 Å². The molecular formula is C23H22N4O3. The third-order valence-corrected chi connectivity index (χ3v) is 4.89. The summed E-state index contributed by atoms with van der Waals surface area (Å²) in [4.78, 5) is 31.9. The maximum Gasteiger partial charge on any atom is 0.259 e. The predicted octanol–water partition coefficient (Wildman–Crippen LogP) is 4.27. The first-order chi connectivity index (χ1) is 14.5. The second-order valence-electron chi connectivity index (χ2n) is 7.40. The Bertz CT molecular complexity index is 1260. The molecule has 152 valence electrons. The number of H-pyrrole nitrogens is 1. The zero-order chi connectivity index (χ0) is 21.1. The van der Waals surface area contributed by atoms with Gasteiger partial charge in [-0.15, -0.1) is 0 Å². The van der Waals surface area contributed by atoms with Gasteiger partial charge < -0.3 is 14.8 Å². The molecule has 30 heavy (non-hydrogen) atoms. The molecule has 4 rings (SSSR count). The van der Waals surface area contributed by atoms with Crippen molar-refractivity contribution in [2.75, 3.05) is 5.32 Å². The van der Waals surface area contributed by atoms with Crippen LogP contribution < -0.4 is 10.9 Å². The lowest BCUT2D eigenvalue weighted by Crippen LogP contribution is -2.14. The molecule has 0 radical (unpaired) electrons. The van der Waals surface area contributed by atoms with Crippen LogP contribution in [0.25, 0.3) is 22.3 Å². The molecule has 0 fully saturated rings. The van der Waals surface area contributed by atoms with Gasteiger partial charge in [-0.05, 0) is 35.1 Å². The van der Waals surface area contributed by atoms with Crippen molar-refractivity contribution in [3.05, 3.63) is 76.4 Å². The van der Waals surface area contributed by atoms with Crippen LogP contribution in [0.5, 0.6) is 0 Å². The smallest absolute Gasteiger partial charge is 0.259 e. The number of hydrogen-bond acceptors (Lipinski definition) is 5. The molecule has 2 aromatic heterocycles. The summed E-state index contributed by atoms with van der Waals surface area (Å²) in [7, 11) is 0. The van der Waals surface area contributed by atoms with Crippen LogP contribution in [0.3, 0.4) is 0 Å². The number of anilines is 1. The second-order valence-corrected chi connectivity index (χ2v) is 7.40. The summed E-state index contributed by atoms with van der Waals surface area (Å²) in [6.45, 7) is 4.17. The zero-order valence-electron chi connectivity index (χ0n) is 16.8. The highest BCUT2D eigenvalue weighted by Crippen LogP contribution is 2.24. The molecule has 2 aromatic carbocycles. The molecule has 0 aliphatic heterocycles. The van der Waals surface area contributed by atoms with E-state index in [0.29, 0.717) is 17.4 Å². The second kappa shape index (κ2) is 8.32. The van der Waals surface area contributed by atoms with E-state index in [0.717, 1.165) is 22.2 Å². The Morgan fingerprint density at radius 1 is 1.13 bits per heavy atom. The molecule has 0 atom stereocenters. The monoisotopic (exact) mass is 402 g/mol. The number of hydrogen-bond donors (Lipinski definition) is 2. The van der Waals surface area contributed by atoms with Gasteiger partial charge in [-0.3, -0.25) is 9.59 Å². The maximum absolute atomic E-state index is 12.4. The molecule has 0 aliphatic carbocycles. The first-order valence-electron chi connectivity index (χ1n) is 9.85. The summed E-state index contributed by atoms with van der Waals surface area (Å²) < 4.78 is 5.25. The van der Waals surface area contributed by atoms with Gasteiger partial charge in [0.25, 0.3) is 5.56 Å². The number of carbonyl (C=O) groups is 1. The summed E-state index contributed by atoms with van der Waals surface area (Å²) in [5.41, 5.74) is 2.68. The average molecular weight is 402 g/mol. The van der Waals surface area contributed by atoms with Crippen LogP contribution >= 0.6 is 0 Å². The number of rotatable bonds is 6. The van der Waals surface area contributed by atoms with Gasteiger partial charge in [0.15, 0.2) is 0 Å². The van der Waals surface area contributed by atoms with Crippen molar-refractivity contribution >= 4 is 22.5 Å². The van der Waals surface area contributed by atoms with E-state index in [9.17, 15) is 9.59 Å². The van der Waals surface area contributed by atoms with Crippen molar-refractivity contribution in [3.63, 3.8) is 0 Å². The zero-order valence-corrected chi connectivity index (χ0v) is 16.8. The number of fused-ring (bicyclic) bond motifs is 1. The molecule has 1 amide bonds. The van der Waals surface area contributed by atoms with Crippen LogP contribution in [0.4, 0.5) is 5.69 Å². The van der Waals surface area contributed by atoms with E-state index in [1.165, 1.54) is 0 Å². The van der Waals surface area contributed by atoms with Crippen molar-refractivity contribution in [2.45, 2.75) is 32.6 Å². The highest BCUT2D eigenvalue weighted by Gasteiger charge is 2.15. The number of carbonyl (C=O) groups excluding carboxylic acids is 1. The van der Waals surface area contributed by atoms with Gasteiger partial charge in [0.2, 0.25) is 17.6 Å². The normalized spacial score (nSPS) is 11.2. The van der Waals surface area contributed by atoms with E-state index in [4.69, 9.17) is 4.52 Å². The molecule has 0 saturated carbocycles. The number of para-hydroxylation sites is 2. The lowest BCUT2D eigenvalue weighted by atomic mass is 10.0. The Morgan fingerprint density at radius 3 is 2.73 bits per heavy atom. The number of nitrogens with one attached hydrogen (secondary N) is 2. The summed E-state index contributed by atoms with van der Waals surface area (Å²) >= 11 is 0. The minimum atomic E-state index is -0.288. The van der Waals surface area contributed by atoms with Crippen LogP contribution in [0.2, 0.25) is 0 Å². The fourth-order valence-corrected chi connectivity index (χ4v) is 3.33. The topological polar surface area (TPSA) is 101 Å². The molecule has 2 N–H and O–H groups in total. The average Bonchev–Trinajstić information content (AvgIpc) is 3.21. The van der Waals surface area contributed by atoms with E-state index in [2.05, 4.69) is 34.3 Å². The third-order valence-electron chi connectivity index (χ3n) is 4.89. The van der Waals surface area contributed by atoms with Gasteiger partial charge in [0, 0.05) is 24.0 Å². The van der Waals surface area contributed by atoms with Gasteiger partial charge in [-0.25, -0.2) is 0 Å². The number of pyridine rings is 1. The standard InChI is InChI=1S/C23H22N4O3/c1-14(2)16-8-4-6-10-19(16)24-20(28)11-12-21-26-22(27-30-21)17-13-15-7-3-5-9-18(15)25-23(17)29/h3-10,13-14H,11-12H2,1-2H3,(H,24,28)(H,25,29). The summed E-state index contributed by atoms with van der Waals surface area (Å²) in [6.07, 6.45) is 0.482. The number of amides is 1. The minimum absolute atomic E-state index is 0.133. The summed E-state index contributed by atoms with van der Waals surface area (Å²) in [5.74, 6) is 0.693. The van der Waals surface area contributed by atoms with Crippen LogP contribution in [0.15, 0.2) is 63.9 Å². The fourth-order valence-electron chi connectivity index (χ4n) is 3.33. The summed E-state index contributed by atoms with van der Waals surface area (Å²) in [5, 5.41) is 7.74. The molecule has 2 heterocycles. The van der Waals surface area contributed by atoms with Crippen LogP contribution in [-0.2, 0) is 11.2 Å². The third kappa shape index (κ3) is 4.15. The van der Waals surface area contributed by atoms with E-state index in [1.807, 2.05) is 48.5 Å². The Hall–Kier alpha value is -3.74. The number of aryl methyl sites for hydroxylation is 1. The van der Waals surface area contributed by atoms with Gasteiger partial charge in [0.1, 0.15) is 0 Å². The number of aromatic amines is 1. The van der Waals surface area contributed by atoms with Crippen LogP contribution in [0, 0.1) is 0 Å². The Morgan fingerprint density at radius 2 is 1.90 bits per heavy atom. The summed E-state index contributed by atoms with van der Waals surface area (Å²) in [6, 6.07) is 17.0. The molecule has 4 aromatic rings. The largest absolute Gasteiger partial charge is 0.339 e. The highest BCUT2D eigenvalue weighted by molar-refractivity contribution is 5.91. The molecular weight excluding hydrogens is 380 g/mol. The first-order valence-corrected chi connectivity index (χ1v) is 9.85. The van der Waals surface area contributed by atoms with Crippen molar-refractivity contribution in [3.8, 4) is 11.4 Å². The molecule has 7 nitrogen and oxygen atoms in total. The number of aromatic nitrogens is 3. The Balaban J connectivity index is 1.45. The molecule has 0 aliphatic rings. The lowest BCUT2D eigenvalue weighted by Gasteiger charge is -2.13. The van der Waals surface area contributed by atoms with Crippen molar-refractivity contribution in [1.29, 1.82) is 0 Å². The van der Waals surface area contributed by atoms with Crippen LogP contribution in [0.1, 0.15) is 37.6 Å². The molecule has 0 saturated heterocycles. The van der Waals surface area contributed by atoms with Crippen molar-refractivity contribution in [1.82, 2.24) is 15.1 Å². The van der Waals surface area contributed by atoms with Gasteiger partial charge in [0.05, 0.1) is 5.56 Å². The Kier molecular flexibility index (Phi) is 5.43. The lowest BCUT2D eigenvalue weighted by molar-refractivity contribution is -0.116. The van der Waals surface area contributed by atoms with Crippen LogP contribution in [-0.4, -0.2) is 21.0 Å². The van der Waals surface area contributed by atoms with Crippen molar-refractivity contribution < 1.29 is 9.32 Å². The van der Waals surface area contributed by atoms with Crippen molar-refractivity contribution in [2.24, 2.45) is 0 Å². The minimum Gasteiger partial charge on any atom is -0.339 e. The number of nitrogens with zero attached hydrogens (tertiary/aromatic N) is 2. The Labute approximate surface area is 173 Å². The van der Waals surface area contributed by atoms with Gasteiger partial charge in [-0.1, -0.05) is 55.4 Å². The van der Waals surface area contributed by atoms with E-state index in [-0.39, 0.29) is 30.1 Å². The molecule has 7 heteroatoms. The molecule has 0 spiro atoms. The highest BCUT2D eigenvalue weighted by atomic mass is 16.5. The molecule has 0 bridgehead atoms. The van der Waals surface area contributed by atoms with Gasteiger partial charge in [-0.2, -0.15) is 4.98 Å². The van der Waals surface area contributed by atoms with E-state index in [1.54, 1.807) is 6.07 Å². The van der Waals surface area contributed by atoms with E-state index < -0.39 is 0 Å². The predicted molar refractivity (Wildman–Crippen MR) is 115 cm³/mol. The quantitative estimate of drug-likeness (QED) is 0.501. The maximum atomic E-state index is 12.4. The fraction of sp³-hybridized carbons (Fsp3) is 0.217. The number of benzene rings is 2. The first kappa shape index (κ1) is 19.6. The van der Waals surface area contributed by atoms with E-state index >= 15 is 0 Å². The SMILES string of the molecule is CC(C)c1ccccc1NC(=O)CCc1nc(-c2cc3ccccc3[nH]c2=O)no1. The molecule has 0 unspecified atom stereocenters.